The van der Waals surface area contributed by atoms with Crippen molar-refractivity contribution in [2.75, 3.05) is 13.1 Å². The van der Waals surface area contributed by atoms with Crippen molar-refractivity contribution in [3.8, 4) is 6.07 Å². The molecule has 0 heterocycles. The van der Waals surface area contributed by atoms with E-state index in [9.17, 15) is 0 Å². The molecule has 0 aliphatic heterocycles. The van der Waals surface area contributed by atoms with Crippen molar-refractivity contribution in [2.45, 2.75) is 40.5 Å². The molecule has 1 rings (SSSR count). The van der Waals surface area contributed by atoms with Crippen LogP contribution in [-0.4, -0.2) is 13.1 Å². The van der Waals surface area contributed by atoms with E-state index < -0.39 is 0 Å². The van der Waals surface area contributed by atoms with Gasteiger partial charge in [0.15, 0.2) is 0 Å². The van der Waals surface area contributed by atoms with Gasteiger partial charge in [-0.15, -0.1) is 0 Å². The summed E-state index contributed by atoms with van der Waals surface area (Å²) in [5.41, 5.74) is 7.04. The van der Waals surface area contributed by atoms with E-state index in [0.717, 1.165) is 19.5 Å². The molecule has 0 fully saturated rings. The van der Waals surface area contributed by atoms with Gasteiger partial charge in [0, 0.05) is 13.0 Å². The van der Waals surface area contributed by atoms with Gasteiger partial charge in [0.25, 0.3) is 0 Å². The Balaban J connectivity index is 2.68. The lowest BCUT2D eigenvalue weighted by atomic mass is 9.92. The lowest BCUT2D eigenvalue weighted by molar-refractivity contribution is 0.689. The van der Waals surface area contributed by atoms with E-state index in [4.69, 9.17) is 5.26 Å². The number of nitriles is 1. The molecule has 2 heteroatoms. The Kier molecular flexibility index (Phi) is 5.18. The Hall–Kier alpha value is -1.33. The summed E-state index contributed by atoms with van der Waals surface area (Å²) in [5.74, 6) is 0. The SMILES string of the molecule is Cc1cc(C)c(C)c(CCNCCC#N)c1C. The Labute approximate surface area is 105 Å². The van der Waals surface area contributed by atoms with E-state index >= 15 is 0 Å². The van der Waals surface area contributed by atoms with Crippen LogP contribution in [0.3, 0.4) is 0 Å². The normalized spacial score (nSPS) is 10.3. The van der Waals surface area contributed by atoms with Crippen LogP contribution in [0.15, 0.2) is 6.07 Å². The predicted molar refractivity (Wildman–Crippen MR) is 72.2 cm³/mol. The molecule has 0 spiro atoms. The molecular weight excluding hydrogens is 208 g/mol. The monoisotopic (exact) mass is 230 g/mol. The number of rotatable bonds is 5. The first-order valence-corrected chi connectivity index (χ1v) is 6.22. The van der Waals surface area contributed by atoms with Crippen molar-refractivity contribution in [1.29, 1.82) is 5.26 Å². The van der Waals surface area contributed by atoms with E-state index in [1.165, 1.54) is 27.8 Å². The summed E-state index contributed by atoms with van der Waals surface area (Å²) < 4.78 is 0. The van der Waals surface area contributed by atoms with Gasteiger partial charge in [-0.25, -0.2) is 0 Å². The van der Waals surface area contributed by atoms with E-state index in [0.29, 0.717) is 6.42 Å². The Morgan fingerprint density at radius 3 is 2.18 bits per heavy atom. The minimum Gasteiger partial charge on any atom is -0.315 e. The lowest BCUT2D eigenvalue weighted by Crippen LogP contribution is -2.19. The minimum absolute atomic E-state index is 0.588. The van der Waals surface area contributed by atoms with Crippen LogP contribution in [0.2, 0.25) is 0 Å². The molecule has 0 radical (unpaired) electrons. The predicted octanol–water partition coefficient (Wildman–Crippen LogP) is 2.97. The molecule has 1 N–H and O–H groups in total. The zero-order valence-electron chi connectivity index (χ0n) is 11.4. The number of benzene rings is 1. The third-order valence-electron chi connectivity index (χ3n) is 3.49. The number of hydrogen-bond donors (Lipinski definition) is 1. The van der Waals surface area contributed by atoms with Gasteiger partial charge in [0.1, 0.15) is 0 Å². The Morgan fingerprint density at radius 2 is 1.65 bits per heavy atom. The highest BCUT2D eigenvalue weighted by Crippen LogP contribution is 2.21. The third kappa shape index (κ3) is 3.57. The van der Waals surface area contributed by atoms with Gasteiger partial charge in [0.05, 0.1) is 6.07 Å². The van der Waals surface area contributed by atoms with Crippen molar-refractivity contribution in [2.24, 2.45) is 0 Å². The van der Waals surface area contributed by atoms with Crippen LogP contribution in [-0.2, 0) is 6.42 Å². The van der Waals surface area contributed by atoms with Crippen molar-refractivity contribution in [1.82, 2.24) is 5.32 Å². The summed E-state index contributed by atoms with van der Waals surface area (Å²) in [7, 11) is 0. The molecule has 0 aliphatic rings. The van der Waals surface area contributed by atoms with E-state index in [-0.39, 0.29) is 0 Å². The summed E-state index contributed by atoms with van der Waals surface area (Å²) >= 11 is 0. The summed E-state index contributed by atoms with van der Waals surface area (Å²) in [6.07, 6.45) is 1.64. The van der Waals surface area contributed by atoms with Gasteiger partial charge in [-0.2, -0.15) is 5.26 Å². The Bertz CT molecular complexity index is 401. The average molecular weight is 230 g/mol. The highest BCUT2D eigenvalue weighted by molar-refractivity contribution is 5.44. The quantitative estimate of drug-likeness (QED) is 0.789. The standard InChI is InChI=1S/C15H22N2/c1-11-10-12(2)14(4)15(13(11)3)6-9-17-8-5-7-16/h10,17H,5-6,8-9H2,1-4H3. The molecule has 0 amide bonds. The van der Waals surface area contributed by atoms with Crippen molar-refractivity contribution < 1.29 is 0 Å². The maximum absolute atomic E-state index is 8.45. The van der Waals surface area contributed by atoms with E-state index in [1.807, 2.05) is 0 Å². The summed E-state index contributed by atoms with van der Waals surface area (Å²) in [6.45, 7) is 10.5. The summed E-state index contributed by atoms with van der Waals surface area (Å²) in [5, 5.41) is 11.8. The maximum atomic E-state index is 8.45. The number of nitrogens with one attached hydrogen (secondary N) is 1. The smallest absolute Gasteiger partial charge is 0.0635 e. The maximum Gasteiger partial charge on any atom is 0.0635 e. The molecule has 1 aromatic rings. The third-order valence-corrected chi connectivity index (χ3v) is 3.49. The van der Waals surface area contributed by atoms with Crippen LogP contribution in [0.25, 0.3) is 0 Å². The molecule has 2 nitrogen and oxygen atoms in total. The highest BCUT2D eigenvalue weighted by atomic mass is 14.8. The van der Waals surface area contributed by atoms with Crippen LogP contribution < -0.4 is 5.32 Å². The molecule has 0 saturated carbocycles. The molecule has 92 valence electrons. The Morgan fingerprint density at radius 1 is 1.06 bits per heavy atom. The average Bonchev–Trinajstić information content (AvgIpc) is 2.30. The number of aryl methyl sites for hydroxylation is 2. The van der Waals surface area contributed by atoms with E-state index in [1.54, 1.807) is 0 Å². The first-order chi connectivity index (χ1) is 8.07. The van der Waals surface area contributed by atoms with Crippen molar-refractivity contribution >= 4 is 0 Å². The zero-order valence-corrected chi connectivity index (χ0v) is 11.4. The van der Waals surface area contributed by atoms with Crippen LogP contribution in [0.4, 0.5) is 0 Å². The van der Waals surface area contributed by atoms with E-state index in [2.05, 4.69) is 45.1 Å². The van der Waals surface area contributed by atoms with Crippen molar-refractivity contribution in [3.05, 3.63) is 33.9 Å². The fraction of sp³-hybridized carbons (Fsp3) is 0.533. The minimum atomic E-state index is 0.588. The van der Waals surface area contributed by atoms with Gasteiger partial charge in [-0.3, -0.25) is 0 Å². The molecule has 0 unspecified atom stereocenters. The molecule has 0 bridgehead atoms. The van der Waals surface area contributed by atoms with Gasteiger partial charge in [0.2, 0.25) is 0 Å². The molecule has 1 aromatic carbocycles. The highest BCUT2D eigenvalue weighted by Gasteiger charge is 2.07. The molecule has 0 aliphatic carbocycles. The van der Waals surface area contributed by atoms with Gasteiger partial charge in [-0.05, 0) is 68.5 Å². The first kappa shape index (κ1) is 13.7. The van der Waals surface area contributed by atoms with Crippen LogP contribution in [0.1, 0.15) is 34.2 Å². The van der Waals surface area contributed by atoms with Crippen LogP contribution in [0.5, 0.6) is 0 Å². The van der Waals surface area contributed by atoms with Gasteiger partial charge in [-0.1, -0.05) is 6.07 Å². The van der Waals surface area contributed by atoms with Gasteiger partial charge < -0.3 is 5.32 Å². The molecule has 0 aromatic heterocycles. The lowest BCUT2D eigenvalue weighted by Gasteiger charge is -2.15. The van der Waals surface area contributed by atoms with Gasteiger partial charge >= 0.3 is 0 Å². The number of nitrogens with zero attached hydrogens (tertiary/aromatic N) is 1. The second-order valence-electron chi connectivity index (χ2n) is 4.65. The molecular formula is C15H22N2. The van der Waals surface area contributed by atoms with Crippen LogP contribution in [0, 0.1) is 39.0 Å². The zero-order chi connectivity index (χ0) is 12.8. The summed E-state index contributed by atoms with van der Waals surface area (Å²) in [4.78, 5) is 0. The van der Waals surface area contributed by atoms with Crippen LogP contribution >= 0.6 is 0 Å². The molecule has 17 heavy (non-hydrogen) atoms. The summed E-state index contributed by atoms with van der Waals surface area (Å²) in [6, 6.07) is 4.41. The fourth-order valence-electron chi connectivity index (χ4n) is 2.16. The largest absolute Gasteiger partial charge is 0.315 e. The topological polar surface area (TPSA) is 35.8 Å². The molecule has 0 atom stereocenters. The van der Waals surface area contributed by atoms with Crippen molar-refractivity contribution in [3.63, 3.8) is 0 Å². The second-order valence-corrected chi connectivity index (χ2v) is 4.65. The first-order valence-electron chi connectivity index (χ1n) is 6.22. The second kappa shape index (κ2) is 6.42. The fourth-order valence-corrected chi connectivity index (χ4v) is 2.16. The molecule has 0 saturated heterocycles. The number of hydrogen-bond acceptors (Lipinski definition) is 2.